The number of nitrogens with one attached hydrogen (secondary N) is 1. The second-order valence-corrected chi connectivity index (χ2v) is 6.12. The van der Waals surface area contributed by atoms with E-state index in [1.807, 2.05) is 56.2 Å². The topological polar surface area (TPSA) is 35.6 Å². The molecule has 1 aliphatic rings. The van der Waals surface area contributed by atoms with Gasteiger partial charge in [0, 0.05) is 24.7 Å². The highest BCUT2D eigenvalue weighted by molar-refractivity contribution is 6.31. The molecule has 0 spiro atoms. The highest BCUT2D eigenvalue weighted by Crippen LogP contribution is 2.13. The van der Waals surface area contributed by atoms with Gasteiger partial charge in [-0.25, -0.2) is 0 Å². The van der Waals surface area contributed by atoms with Crippen molar-refractivity contribution in [2.24, 2.45) is 0 Å². The van der Waals surface area contributed by atoms with Crippen LogP contribution in [0.3, 0.4) is 0 Å². The number of halogens is 1. The van der Waals surface area contributed by atoms with Crippen LogP contribution in [-0.2, 0) is 4.79 Å². The van der Waals surface area contributed by atoms with E-state index >= 15 is 0 Å². The van der Waals surface area contributed by atoms with Crippen LogP contribution in [0.15, 0.2) is 35.5 Å². The molecule has 1 unspecified atom stereocenters. The molecule has 1 fully saturated rings. The maximum atomic E-state index is 12.5. The Morgan fingerprint density at radius 3 is 2.65 bits per heavy atom. The van der Waals surface area contributed by atoms with Crippen LogP contribution in [0.1, 0.15) is 33.6 Å². The maximum absolute atomic E-state index is 12.5. The third kappa shape index (κ3) is 7.23. The minimum Gasteiger partial charge on any atom is -0.389 e. The van der Waals surface area contributed by atoms with Crippen LogP contribution < -0.4 is 5.32 Å². The molecule has 130 valence electrons. The molecule has 1 saturated heterocycles. The van der Waals surface area contributed by atoms with Crippen LogP contribution in [-0.4, -0.2) is 54.5 Å². The highest BCUT2D eigenvalue weighted by atomic mass is 35.5. The Balaban J connectivity index is 2.31. The van der Waals surface area contributed by atoms with E-state index in [2.05, 4.69) is 10.2 Å². The molecule has 1 N–H and O–H groups in total. The second kappa shape index (κ2) is 11.3. The molecule has 1 atom stereocenters. The minimum absolute atomic E-state index is 0.00102. The summed E-state index contributed by atoms with van der Waals surface area (Å²) >= 11 is 5.86. The fourth-order valence-electron chi connectivity index (χ4n) is 2.62. The summed E-state index contributed by atoms with van der Waals surface area (Å²) in [5.41, 5.74) is 0. The van der Waals surface area contributed by atoms with Crippen molar-refractivity contribution >= 4 is 17.5 Å². The third-order valence-electron chi connectivity index (χ3n) is 4.12. The lowest BCUT2D eigenvalue weighted by atomic mass is 10.2. The monoisotopic (exact) mass is 339 g/mol. The summed E-state index contributed by atoms with van der Waals surface area (Å²) in [4.78, 5) is 16.8. The van der Waals surface area contributed by atoms with Gasteiger partial charge in [0.25, 0.3) is 0 Å². The van der Waals surface area contributed by atoms with Crippen molar-refractivity contribution < 1.29 is 4.79 Å². The molecule has 23 heavy (non-hydrogen) atoms. The highest BCUT2D eigenvalue weighted by Gasteiger charge is 2.26. The normalized spacial score (nSPS) is 18.0. The first-order chi connectivity index (χ1) is 11.1. The molecule has 0 aromatic rings. The molecule has 1 amide bonds. The van der Waals surface area contributed by atoms with Gasteiger partial charge in [-0.1, -0.05) is 23.8 Å². The molecule has 1 heterocycles. The number of nitrogens with zero attached hydrogens (tertiary/aromatic N) is 2. The molecule has 0 aromatic carbocycles. The van der Waals surface area contributed by atoms with Gasteiger partial charge < -0.3 is 10.2 Å². The lowest BCUT2D eigenvalue weighted by Crippen LogP contribution is -2.47. The second-order valence-electron chi connectivity index (χ2n) is 5.68. The Morgan fingerprint density at radius 1 is 1.35 bits per heavy atom. The molecule has 4 nitrogen and oxygen atoms in total. The summed E-state index contributed by atoms with van der Waals surface area (Å²) in [6, 6.07) is -0.00102. The lowest BCUT2D eigenvalue weighted by molar-refractivity contribution is -0.135. The van der Waals surface area contributed by atoms with Gasteiger partial charge in [0.05, 0.1) is 6.04 Å². The van der Waals surface area contributed by atoms with E-state index in [1.54, 1.807) is 0 Å². The Bertz CT molecular complexity index is 440. The number of likely N-dealkylation sites (N-methyl/N-ethyl adjacent to an activating group) is 1. The average Bonchev–Trinajstić information content (AvgIpc) is 3.10. The van der Waals surface area contributed by atoms with Crippen molar-refractivity contribution in [2.45, 2.75) is 39.7 Å². The van der Waals surface area contributed by atoms with Crippen molar-refractivity contribution in [1.82, 2.24) is 15.1 Å². The first-order valence-corrected chi connectivity index (χ1v) is 8.89. The molecule has 1 aliphatic heterocycles. The number of carbonyl (C=O) groups is 1. The Morgan fingerprint density at radius 2 is 2.04 bits per heavy atom. The van der Waals surface area contributed by atoms with Gasteiger partial charge in [-0.15, -0.1) is 0 Å². The molecule has 1 rings (SSSR count). The lowest BCUT2D eigenvalue weighted by Gasteiger charge is -2.29. The van der Waals surface area contributed by atoms with Gasteiger partial charge in [-0.05, 0) is 65.1 Å². The van der Waals surface area contributed by atoms with Crippen LogP contribution in [0.2, 0.25) is 0 Å². The van der Waals surface area contributed by atoms with Crippen LogP contribution in [0.4, 0.5) is 0 Å². The standard InChI is InChI=1S/C18H30ClN3O/c1-4-17(19)10-6-7-11-20-12-15-21(5-2)18(23)16(3)22-13-8-9-14-22/h4,6-7,10-11,16,20H,5,8-9,12-15H2,1-3H3/b10-6-,11-7+,17-4+. The number of likely N-dealkylation sites (tertiary alicyclic amines) is 1. The van der Waals surface area contributed by atoms with Crippen LogP contribution in [0, 0.1) is 0 Å². The zero-order valence-electron chi connectivity index (χ0n) is 14.6. The minimum atomic E-state index is -0.00102. The van der Waals surface area contributed by atoms with E-state index in [1.165, 1.54) is 12.8 Å². The SMILES string of the molecule is C\C=C(Cl)/C=C\C=C\NCCN(CC)C(=O)C(C)N1CCCC1. The average molecular weight is 340 g/mol. The molecule has 0 aromatic heterocycles. The fraction of sp³-hybridized carbons (Fsp3) is 0.611. The van der Waals surface area contributed by atoms with E-state index in [0.717, 1.165) is 32.7 Å². The number of hydrogen-bond donors (Lipinski definition) is 1. The van der Waals surface area contributed by atoms with E-state index in [9.17, 15) is 4.79 Å². The van der Waals surface area contributed by atoms with Crippen LogP contribution in [0.5, 0.6) is 0 Å². The van der Waals surface area contributed by atoms with Crippen LogP contribution in [0.25, 0.3) is 0 Å². The largest absolute Gasteiger partial charge is 0.389 e. The predicted molar refractivity (Wildman–Crippen MR) is 98.4 cm³/mol. The first-order valence-electron chi connectivity index (χ1n) is 8.51. The molecule has 0 bridgehead atoms. The van der Waals surface area contributed by atoms with E-state index in [-0.39, 0.29) is 11.9 Å². The van der Waals surface area contributed by atoms with Gasteiger partial charge in [0.15, 0.2) is 0 Å². The van der Waals surface area contributed by atoms with Gasteiger partial charge >= 0.3 is 0 Å². The van der Waals surface area contributed by atoms with Gasteiger partial charge in [0.1, 0.15) is 0 Å². The number of amides is 1. The summed E-state index contributed by atoms with van der Waals surface area (Å²) in [7, 11) is 0. The van der Waals surface area contributed by atoms with Crippen molar-refractivity contribution in [3.05, 3.63) is 35.5 Å². The third-order valence-corrected chi connectivity index (χ3v) is 4.47. The zero-order valence-corrected chi connectivity index (χ0v) is 15.4. The van der Waals surface area contributed by atoms with Crippen molar-refractivity contribution in [1.29, 1.82) is 0 Å². The quantitative estimate of drug-likeness (QED) is 0.518. The first kappa shape index (κ1) is 19.8. The fourth-order valence-corrected chi connectivity index (χ4v) is 2.70. The molecule has 0 saturated carbocycles. The van der Waals surface area contributed by atoms with Gasteiger partial charge in [-0.3, -0.25) is 9.69 Å². The molecular formula is C18H30ClN3O. The van der Waals surface area contributed by atoms with Crippen LogP contribution >= 0.6 is 11.6 Å². The zero-order chi connectivity index (χ0) is 17.1. The summed E-state index contributed by atoms with van der Waals surface area (Å²) in [5, 5.41) is 3.92. The summed E-state index contributed by atoms with van der Waals surface area (Å²) in [5.74, 6) is 0.236. The number of hydrogen-bond acceptors (Lipinski definition) is 3. The number of carbonyl (C=O) groups excluding carboxylic acids is 1. The molecule has 0 aliphatic carbocycles. The summed E-state index contributed by atoms with van der Waals surface area (Å²) < 4.78 is 0. The van der Waals surface area contributed by atoms with E-state index < -0.39 is 0 Å². The predicted octanol–water partition coefficient (Wildman–Crippen LogP) is 3.12. The Labute approximate surface area is 145 Å². The van der Waals surface area contributed by atoms with E-state index in [0.29, 0.717) is 5.03 Å². The van der Waals surface area contributed by atoms with Gasteiger partial charge in [0.2, 0.25) is 5.91 Å². The summed E-state index contributed by atoms with van der Waals surface area (Å²) in [6.45, 7) is 10.3. The maximum Gasteiger partial charge on any atom is 0.239 e. The van der Waals surface area contributed by atoms with Crippen molar-refractivity contribution in [3.8, 4) is 0 Å². The van der Waals surface area contributed by atoms with Gasteiger partial charge in [-0.2, -0.15) is 0 Å². The number of allylic oxidation sites excluding steroid dienone is 5. The Hall–Kier alpha value is -1.26. The number of rotatable bonds is 9. The molecule has 0 radical (unpaired) electrons. The van der Waals surface area contributed by atoms with Crippen molar-refractivity contribution in [3.63, 3.8) is 0 Å². The van der Waals surface area contributed by atoms with Crippen molar-refractivity contribution in [2.75, 3.05) is 32.7 Å². The van der Waals surface area contributed by atoms with E-state index in [4.69, 9.17) is 11.6 Å². The smallest absolute Gasteiger partial charge is 0.239 e. The molecule has 5 heteroatoms. The summed E-state index contributed by atoms with van der Waals surface area (Å²) in [6.07, 6.45) is 11.7. The molecular weight excluding hydrogens is 310 g/mol. The Kier molecular flexibility index (Phi) is 9.72.